The van der Waals surface area contributed by atoms with Gasteiger partial charge in [-0.2, -0.15) is 0 Å². The van der Waals surface area contributed by atoms with Crippen LogP contribution in [0.4, 0.5) is 5.69 Å². The third kappa shape index (κ3) is 4.86. The molecule has 0 saturated heterocycles. The Morgan fingerprint density at radius 1 is 1.03 bits per heavy atom. The number of carbonyl (C=O) groups excluding carboxylic acids is 2. The highest BCUT2D eigenvalue weighted by Crippen LogP contribution is 2.28. The number of rotatable bonds is 5. The Kier molecular flexibility index (Phi) is 6.18. The van der Waals surface area contributed by atoms with E-state index in [4.69, 9.17) is 4.42 Å². The molecule has 31 heavy (non-hydrogen) atoms. The van der Waals surface area contributed by atoms with Crippen LogP contribution in [0.3, 0.4) is 0 Å². The number of nitrogens with one attached hydrogen (secondary N) is 2. The van der Waals surface area contributed by atoms with Gasteiger partial charge in [0, 0.05) is 25.3 Å². The van der Waals surface area contributed by atoms with Gasteiger partial charge in [0.2, 0.25) is 0 Å². The molecule has 2 N–H and O–H groups in total. The molecule has 0 unspecified atom stereocenters. The first-order valence-corrected chi connectivity index (χ1v) is 10.5. The van der Waals surface area contributed by atoms with Crippen LogP contribution in [-0.4, -0.2) is 29.8 Å². The van der Waals surface area contributed by atoms with Crippen molar-refractivity contribution in [2.45, 2.75) is 32.9 Å². The van der Waals surface area contributed by atoms with Gasteiger partial charge in [0.05, 0.1) is 12.3 Å². The number of carbonyl (C=O) groups is 2. The molecule has 0 radical (unpaired) electrons. The Labute approximate surface area is 182 Å². The highest BCUT2D eigenvalue weighted by atomic mass is 16.3. The zero-order valence-electron chi connectivity index (χ0n) is 17.9. The molecule has 2 aromatic carbocycles. The molecule has 6 heteroatoms. The summed E-state index contributed by atoms with van der Waals surface area (Å²) in [5.41, 5.74) is 5.30. The van der Waals surface area contributed by atoms with Gasteiger partial charge >= 0.3 is 11.8 Å². The average molecular weight is 418 g/mol. The van der Waals surface area contributed by atoms with Gasteiger partial charge in [0.1, 0.15) is 5.76 Å². The van der Waals surface area contributed by atoms with Gasteiger partial charge in [-0.3, -0.25) is 14.5 Å². The maximum absolute atomic E-state index is 12.5. The Hall–Kier alpha value is -3.38. The van der Waals surface area contributed by atoms with Crippen LogP contribution in [0, 0.1) is 13.8 Å². The van der Waals surface area contributed by atoms with Crippen molar-refractivity contribution in [1.29, 1.82) is 0 Å². The highest BCUT2D eigenvalue weighted by Gasteiger charge is 2.28. The van der Waals surface area contributed by atoms with E-state index in [1.54, 1.807) is 6.26 Å². The number of furan rings is 1. The number of hydrogen-bond donors (Lipinski definition) is 2. The van der Waals surface area contributed by atoms with Crippen LogP contribution in [0.5, 0.6) is 0 Å². The number of hydrogen-bond acceptors (Lipinski definition) is 4. The Morgan fingerprint density at radius 2 is 1.84 bits per heavy atom. The largest absolute Gasteiger partial charge is 0.468 e. The number of anilines is 1. The first-order valence-electron chi connectivity index (χ1n) is 10.5. The molecule has 2 amide bonds. The van der Waals surface area contributed by atoms with Gasteiger partial charge < -0.3 is 15.1 Å². The number of benzene rings is 2. The van der Waals surface area contributed by atoms with Gasteiger partial charge in [0.15, 0.2) is 0 Å². The van der Waals surface area contributed by atoms with Crippen LogP contribution < -0.4 is 10.6 Å². The fourth-order valence-electron chi connectivity index (χ4n) is 4.08. The molecule has 1 aliphatic heterocycles. The molecular weight excluding hydrogens is 390 g/mol. The van der Waals surface area contributed by atoms with E-state index in [0.29, 0.717) is 5.69 Å². The summed E-state index contributed by atoms with van der Waals surface area (Å²) in [6.45, 7) is 5.80. The summed E-state index contributed by atoms with van der Waals surface area (Å²) in [6, 6.07) is 17.7. The van der Waals surface area contributed by atoms with Crippen molar-refractivity contribution in [3.63, 3.8) is 0 Å². The SMILES string of the molecule is Cc1ccc(NC(=O)C(=O)NC[C@@H](c2ccco2)N2CCc3ccccc3C2)c(C)c1. The highest BCUT2D eigenvalue weighted by molar-refractivity contribution is 6.39. The number of amides is 2. The van der Waals surface area contributed by atoms with Crippen molar-refractivity contribution in [3.05, 3.63) is 88.9 Å². The van der Waals surface area contributed by atoms with Crippen LogP contribution >= 0.6 is 0 Å². The third-order valence-electron chi connectivity index (χ3n) is 5.76. The first-order chi connectivity index (χ1) is 15.0. The molecule has 0 saturated carbocycles. The topological polar surface area (TPSA) is 74.6 Å². The van der Waals surface area contributed by atoms with Crippen LogP contribution in [-0.2, 0) is 22.6 Å². The summed E-state index contributed by atoms with van der Waals surface area (Å²) in [5.74, 6) is -0.558. The third-order valence-corrected chi connectivity index (χ3v) is 5.76. The van der Waals surface area contributed by atoms with Crippen molar-refractivity contribution >= 4 is 17.5 Å². The first kappa shape index (κ1) is 20.9. The molecule has 2 heterocycles. The maximum Gasteiger partial charge on any atom is 0.313 e. The van der Waals surface area contributed by atoms with Crippen molar-refractivity contribution in [2.24, 2.45) is 0 Å². The lowest BCUT2D eigenvalue weighted by Gasteiger charge is -2.34. The van der Waals surface area contributed by atoms with Crippen LogP contribution in [0.15, 0.2) is 65.3 Å². The monoisotopic (exact) mass is 417 g/mol. The Bertz CT molecular complexity index is 1080. The normalized spacial score (nSPS) is 14.5. The minimum Gasteiger partial charge on any atom is -0.468 e. The van der Waals surface area contributed by atoms with Crippen LogP contribution in [0.1, 0.15) is 34.1 Å². The lowest BCUT2D eigenvalue weighted by atomic mass is 9.98. The molecule has 1 aromatic heterocycles. The minimum absolute atomic E-state index is 0.152. The summed E-state index contributed by atoms with van der Waals surface area (Å²) in [5, 5.41) is 5.49. The maximum atomic E-state index is 12.5. The van der Waals surface area contributed by atoms with E-state index in [1.807, 2.05) is 50.2 Å². The Morgan fingerprint density at radius 3 is 2.58 bits per heavy atom. The van der Waals surface area contributed by atoms with Gasteiger partial charge in [-0.25, -0.2) is 0 Å². The molecule has 1 atom stereocenters. The Balaban J connectivity index is 1.42. The molecule has 0 fully saturated rings. The lowest BCUT2D eigenvalue weighted by molar-refractivity contribution is -0.136. The van der Waals surface area contributed by atoms with Gasteiger partial charge in [-0.1, -0.05) is 42.0 Å². The number of fused-ring (bicyclic) bond motifs is 1. The molecule has 160 valence electrons. The van der Waals surface area contributed by atoms with Crippen molar-refractivity contribution < 1.29 is 14.0 Å². The predicted molar refractivity (Wildman–Crippen MR) is 120 cm³/mol. The van der Waals surface area contributed by atoms with E-state index in [-0.39, 0.29) is 12.6 Å². The summed E-state index contributed by atoms with van der Waals surface area (Å²) in [4.78, 5) is 27.2. The summed E-state index contributed by atoms with van der Waals surface area (Å²) >= 11 is 0. The minimum atomic E-state index is -0.672. The summed E-state index contributed by atoms with van der Waals surface area (Å²) in [7, 11) is 0. The second-order valence-electron chi connectivity index (χ2n) is 8.00. The predicted octanol–water partition coefficient (Wildman–Crippen LogP) is 3.75. The molecule has 0 aliphatic carbocycles. The summed E-state index contributed by atoms with van der Waals surface area (Å²) in [6.07, 6.45) is 2.57. The van der Waals surface area contributed by atoms with E-state index in [9.17, 15) is 9.59 Å². The second kappa shape index (κ2) is 9.18. The standard InChI is InChI=1S/C25H27N3O3/c1-17-9-10-21(18(2)14-17)27-25(30)24(29)26-15-22(23-8-5-13-31-23)28-12-11-19-6-3-4-7-20(19)16-28/h3-10,13-14,22H,11-12,15-16H2,1-2H3,(H,26,29)(H,27,30)/t22-/m0/s1. The molecule has 3 aromatic rings. The number of nitrogens with zero attached hydrogens (tertiary/aromatic N) is 1. The van der Waals surface area contributed by atoms with Crippen LogP contribution in [0.25, 0.3) is 0 Å². The van der Waals surface area contributed by atoms with Gasteiger partial charge in [-0.05, 0) is 55.2 Å². The van der Waals surface area contributed by atoms with Gasteiger partial charge in [-0.15, -0.1) is 0 Å². The van der Waals surface area contributed by atoms with Crippen molar-refractivity contribution in [3.8, 4) is 0 Å². The van der Waals surface area contributed by atoms with E-state index in [1.165, 1.54) is 11.1 Å². The van der Waals surface area contributed by atoms with Crippen molar-refractivity contribution in [1.82, 2.24) is 10.2 Å². The number of aryl methyl sites for hydroxylation is 2. The fraction of sp³-hybridized carbons (Fsp3) is 0.280. The lowest BCUT2D eigenvalue weighted by Crippen LogP contribution is -2.43. The zero-order valence-corrected chi connectivity index (χ0v) is 17.9. The fourth-order valence-corrected chi connectivity index (χ4v) is 4.08. The van der Waals surface area contributed by atoms with E-state index >= 15 is 0 Å². The van der Waals surface area contributed by atoms with Crippen molar-refractivity contribution in [2.75, 3.05) is 18.4 Å². The van der Waals surface area contributed by atoms with Crippen LogP contribution in [0.2, 0.25) is 0 Å². The van der Waals surface area contributed by atoms with E-state index in [0.717, 1.165) is 36.4 Å². The second-order valence-corrected chi connectivity index (χ2v) is 8.00. The molecule has 0 spiro atoms. The molecule has 4 rings (SSSR count). The van der Waals surface area contributed by atoms with E-state index < -0.39 is 11.8 Å². The smallest absolute Gasteiger partial charge is 0.313 e. The molecule has 0 bridgehead atoms. The van der Waals surface area contributed by atoms with Gasteiger partial charge in [0.25, 0.3) is 0 Å². The molecule has 1 aliphatic rings. The quantitative estimate of drug-likeness (QED) is 0.620. The molecule has 6 nitrogen and oxygen atoms in total. The summed E-state index contributed by atoms with van der Waals surface area (Å²) < 4.78 is 5.66. The van der Waals surface area contributed by atoms with E-state index in [2.05, 4.69) is 33.7 Å². The molecular formula is C25H27N3O3. The zero-order chi connectivity index (χ0) is 21.8. The average Bonchev–Trinajstić information content (AvgIpc) is 3.30.